The Morgan fingerprint density at radius 3 is 2.68 bits per heavy atom. The largest absolute Gasteiger partial charge is 0.491 e. The number of rotatable bonds is 4. The number of nitrogens with one attached hydrogen (secondary N) is 1. The molecule has 1 aromatic carbocycles. The number of hydrogen-bond acceptors (Lipinski definition) is 2. The lowest BCUT2D eigenvalue weighted by atomic mass is 9.75. The summed E-state index contributed by atoms with van der Waals surface area (Å²) < 4.78 is 5.83. The van der Waals surface area contributed by atoms with Crippen molar-refractivity contribution in [2.75, 3.05) is 13.1 Å². The third-order valence-electron chi connectivity index (χ3n) is 4.04. The van der Waals surface area contributed by atoms with Crippen LogP contribution in [0.2, 0.25) is 0 Å². The van der Waals surface area contributed by atoms with Gasteiger partial charge in [-0.3, -0.25) is 0 Å². The topological polar surface area (TPSA) is 21.3 Å². The van der Waals surface area contributed by atoms with Gasteiger partial charge in [-0.05, 0) is 68.8 Å². The number of benzene rings is 1. The van der Waals surface area contributed by atoms with Crippen molar-refractivity contribution in [3.05, 3.63) is 29.8 Å². The van der Waals surface area contributed by atoms with E-state index in [1.807, 2.05) is 0 Å². The summed E-state index contributed by atoms with van der Waals surface area (Å²) >= 11 is 0. The monoisotopic (exact) mass is 261 g/mol. The van der Waals surface area contributed by atoms with Gasteiger partial charge in [0.05, 0.1) is 6.10 Å². The van der Waals surface area contributed by atoms with Gasteiger partial charge in [0.2, 0.25) is 0 Å². The minimum Gasteiger partial charge on any atom is -0.491 e. The van der Waals surface area contributed by atoms with Crippen LogP contribution >= 0.6 is 0 Å². The average molecular weight is 261 g/mol. The molecule has 0 amide bonds. The van der Waals surface area contributed by atoms with E-state index >= 15 is 0 Å². The second kappa shape index (κ2) is 6.42. The minimum absolute atomic E-state index is 0.240. The molecule has 0 radical (unpaired) electrons. The number of piperidine rings is 1. The van der Waals surface area contributed by atoms with Crippen LogP contribution in [-0.4, -0.2) is 19.2 Å². The smallest absolute Gasteiger partial charge is 0.119 e. The highest BCUT2D eigenvalue weighted by atomic mass is 16.5. The summed E-state index contributed by atoms with van der Waals surface area (Å²) in [6, 6.07) is 8.70. The maximum Gasteiger partial charge on any atom is 0.119 e. The van der Waals surface area contributed by atoms with Crippen molar-refractivity contribution in [3.8, 4) is 5.75 Å². The first-order valence-corrected chi connectivity index (χ1v) is 7.55. The SMILES string of the molecule is CC(C)Oc1cccc(C2CCNCC2C(C)C)c1. The van der Waals surface area contributed by atoms with Gasteiger partial charge in [0, 0.05) is 0 Å². The Bertz CT molecular complexity index is 400. The zero-order chi connectivity index (χ0) is 13.8. The van der Waals surface area contributed by atoms with E-state index in [2.05, 4.69) is 57.3 Å². The van der Waals surface area contributed by atoms with E-state index in [-0.39, 0.29) is 6.10 Å². The molecule has 2 rings (SSSR count). The van der Waals surface area contributed by atoms with E-state index < -0.39 is 0 Å². The molecule has 2 atom stereocenters. The first-order chi connectivity index (χ1) is 9.08. The van der Waals surface area contributed by atoms with Crippen molar-refractivity contribution < 1.29 is 4.74 Å². The summed E-state index contributed by atoms with van der Waals surface area (Å²) in [5.41, 5.74) is 1.44. The molecule has 1 N–H and O–H groups in total. The van der Waals surface area contributed by atoms with Gasteiger partial charge in [-0.15, -0.1) is 0 Å². The molecule has 1 saturated heterocycles. The second-order valence-electron chi connectivity index (χ2n) is 6.25. The Kier molecular flexibility index (Phi) is 4.87. The molecule has 1 aliphatic heterocycles. The molecular formula is C17H27NO. The highest BCUT2D eigenvalue weighted by Gasteiger charge is 2.28. The quantitative estimate of drug-likeness (QED) is 0.889. The molecule has 1 aromatic rings. The van der Waals surface area contributed by atoms with Gasteiger partial charge in [-0.1, -0.05) is 26.0 Å². The van der Waals surface area contributed by atoms with E-state index in [1.54, 1.807) is 0 Å². The molecule has 19 heavy (non-hydrogen) atoms. The summed E-state index contributed by atoms with van der Waals surface area (Å²) in [6.45, 7) is 11.1. The Hall–Kier alpha value is -1.02. The normalized spacial score (nSPS) is 23.9. The molecule has 2 unspecified atom stereocenters. The first-order valence-electron chi connectivity index (χ1n) is 7.55. The maximum atomic E-state index is 5.83. The molecular weight excluding hydrogens is 234 g/mol. The average Bonchev–Trinajstić information content (AvgIpc) is 2.38. The van der Waals surface area contributed by atoms with Crippen LogP contribution in [0.4, 0.5) is 0 Å². The predicted molar refractivity (Wildman–Crippen MR) is 80.8 cm³/mol. The van der Waals surface area contributed by atoms with Crippen LogP contribution in [0.3, 0.4) is 0 Å². The van der Waals surface area contributed by atoms with Gasteiger partial charge in [0.25, 0.3) is 0 Å². The summed E-state index contributed by atoms with van der Waals surface area (Å²) in [4.78, 5) is 0. The molecule has 0 saturated carbocycles. The molecule has 1 aliphatic rings. The van der Waals surface area contributed by atoms with Crippen LogP contribution in [0, 0.1) is 11.8 Å². The maximum absolute atomic E-state index is 5.83. The van der Waals surface area contributed by atoms with Crippen LogP contribution in [0.5, 0.6) is 5.75 Å². The number of hydrogen-bond donors (Lipinski definition) is 1. The molecule has 0 aromatic heterocycles. The molecule has 1 heterocycles. The van der Waals surface area contributed by atoms with Gasteiger partial charge < -0.3 is 10.1 Å². The summed E-state index contributed by atoms with van der Waals surface area (Å²) in [5, 5.41) is 3.53. The fraction of sp³-hybridized carbons (Fsp3) is 0.647. The van der Waals surface area contributed by atoms with Gasteiger partial charge in [-0.25, -0.2) is 0 Å². The van der Waals surface area contributed by atoms with E-state index in [9.17, 15) is 0 Å². The Morgan fingerprint density at radius 1 is 1.21 bits per heavy atom. The second-order valence-corrected chi connectivity index (χ2v) is 6.25. The van der Waals surface area contributed by atoms with Crippen LogP contribution in [-0.2, 0) is 0 Å². The molecule has 106 valence electrons. The van der Waals surface area contributed by atoms with Gasteiger partial charge in [0.15, 0.2) is 0 Å². The third-order valence-corrected chi connectivity index (χ3v) is 4.04. The van der Waals surface area contributed by atoms with Crippen molar-refractivity contribution in [1.29, 1.82) is 0 Å². The molecule has 0 aliphatic carbocycles. The zero-order valence-corrected chi connectivity index (χ0v) is 12.6. The van der Waals surface area contributed by atoms with Crippen molar-refractivity contribution >= 4 is 0 Å². The molecule has 2 nitrogen and oxygen atoms in total. The molecule has 2 heteroatoms. The Morgan fingerprint density at radius 2 is 2.00 bits per heavy atom. The summed E-state index contributed by atoms with van der Waals surface area (Å²) in [7, 11) is 0. The van der Waals surface area contributed by atoms with E-state index in [1.165, 1.54) is 12.0 Å². The lowest BCUT2D eigenvalue weighted by Gasteiger charge is -2.35. The minimum atomic E-state index is 0.240. The number of ether oxygens (including phenoxy) is 1. The van der Waals surface area contributed by atoms with Crippen molar-refractivity contribution in [2.45, 2.75) is 46.1 Å². The lowest BCUT2D eigenvalue weighted by Crippen LogP contribution is -2.38. The van der Waals surface area contributed by atoms with Crippen LogP contribution in [0.15, 0.2) is 24.3 Å². The third kappa shape index (κ3) is 3.73. The molecule has 0 spiro atoms. The first kappa shape index (κ1) is 14.4. The van der Waals surface area contributed by atoms with Crippen molar-refractivity contribution in [2.24, 2.45) is 11.8 Å². The van der Waals surface area contributed by atoms with Crippen LogP contribution < -0.4 is 10.1 Å². The van der Waals surface area contributed by atoms with Gasteiger partial charge >= 0.3 is 0 Å². The standard InChI is InChI=1S/C17H27NO/c1-12(2)17-11-18-9-8-16(17)14-6-5-7-15(10-14)19-13(3)4/h5-7,10,12-13,16-18H,8-9,11H2,1-4H3. The molecule has 0 bridgehead atoms. The van der Waals surface area contributed by atoms with Crippen molar-refractivity contribution in [3.63, 3.8) is 0 Å². The zero-order valence-electron chi connectivity index (χ0n) is 12.6. The van der Waals surface area contributed by atoms with E-state index in [4.69, 9.17) is 4.74 Å². The Labute approximate surface area is 117 Å². The van der Waals surface area contributed by atoms with E-state index in [0.717, 1.165) is 24.8 Å². The van der Waals surface area contributed by atoms with Crippen LogP contribution in [0.25, 0.3) is 0 Å². The summed E-state index contributed by atoms with van der Waals surface area (Å²) in [5.74, 6) is 3.11. The fourth-order valence-corrected chi connectivity index (χ4v) is 3.09. The van der Waals surface area contributed by atoms with Gasteiger partial charge in [0.1, 0.15) is 5.75 Å². The highest BCUT2D eigenvalue weighted by molar-refractivity contribution is 5.32. The predicted octanol–water partition coefficient (Wildman–Crippen LogP) is 3.82. The summed E-state index contributed by atoms with van der Waals surface area (Å²) in [6.07, 6.45) is 1.47. The molecule has 1 fully saturated rings. The lowest BCUT2D eigenvalue weighted by molar-refractivity contribution is 0.238. The Balaban J connectivity index is 2.19. The van der Waals surface area contributed by atoms with E-state index in [0.29, 0.717) is 11.8 Å². The van der Waals surface area contributed by atoms with Gasteiger partial charge in [-0.2, -0.15) is 0 Å². The fourth-order valence-electron chi connectivity index (χ4n) is 3.09. The van der Waals surface area contributed by atoms with Crippen molar-refractivity contribution in [1.82, 2.24) is 5.32 Å². The highest BCUT2D eigenvalue weighted by Crippen LogP contribution is 2.36. The van der Waals surface area contributed by atoms with Crippen LogP contribution in [0.1, 0.15) is 45.6 Å².